The van der Waals surface area contributed by atoms with Crippen LogP contribution in [-0.2, 0) is 6.42 Å². The molecular formula is C17H27NO. The van der Waals surface area contributed by atoms with Gasteiger partial charge < -0.3 is 10.1 Å². The van der Waals surface area contributed by atoms with Gasteiger partial charge in [-0.25, -0.2) is 0 Å². The van der Waals surface area contributed by atoms with E-state index < -0.39 is 0 Å². The summed E-state index contributed by atoms with van der Waals surface area (Å²) < 4.78 is 6.08. The molecule has 0 bridgehead atoms. The molecule has 2 nitrogen and oxygen atoms in total. The third-order valence-electron chi connectivity index (χ3n) is 4.11. The number of fused-ring (bicyclic) bond motifs is 1. The second kappa shape index (κ2) is 7.54. The molecular weight excluding hydrogens is 234 g/mol. The molecule has 0 radical (unpaired) electrons. The fourth-order valence-electron chi connectivity index (χ4n) is 2.92. The summed E-state index contributed by atoms with van der Waals surface area (Å²) in [4.78, 5) is 0. The number of hydrogen-bond donors (Lipinski definition) is 1. The highest BCUT2D eigenvalue weighted by atomic mass is 16.5. The Hall–Kier alpha value is -1.02. The van der Waals surface area contributed by atoms with Gasteiger partial charge in [-0.15, -0.1) is 0 Å². The molecule has 0 amide bonds. The molecule has 1 aromatic carbocycles. The minimum Gasteiger partial charge on any atom is -0.488 e. The molecule has 0 spiro atoms. The van der Waals surface area contributed by atoms with Crippen molar-refractivity contribution >= 4 is 0 Å². The Kier molecular flexibility index (Phi) is 5.71. The summed E-state index contributed by atoms with van der Waals surface area (Å²) >= 11 is 0. The minimum absolute atomic E-state index is 0.313. The van der Waals surface area contributed by atoms with E-state index in [-0.39, 0.29) is 0 Å². The van der Waals surface area contributed by atoms with Crippen molar-refractivity contribution in [2.24, 2.45) is 0 Å². The summed E-state index contributed by atoms with van der Waals surface area (Å²) in [6, 6.07) is 8.91. The quantitative estimate of drug-likeness (QED) is 0.716. The zero-order valence-corrected chi connectivity index (χ0v) is 12.3. The van der Waals surface area contributed by atoms with E-state index in [4.69, 9.17) is 4.74 Å². The Morgan fingerprint density at radius 1 is 1.21 bits per heavy atom. The van der Waals surface area contributed by atoms with Crippen LogP contribution in [0.4, 0.5) is 0 Å². The smallest absolute Gasteiger partial charge is 0.123 e. The molecule has 19 heavy (non-hydrogen) atoms. The van der Waals surface area contributed by atoms with Gasteiger partial charge in [0.15, 0.2) is 0 Å². The van der Waals surface area contributed by atoms with Gasteiger partial charge in [0.1, 0.15) is 11.9 Å². The predicted molar refractivity (Wildman–Crippen MR) is 80.8 cm³/mol. The highest BCUT2D eigenvalue weighted by Crippen LogP contribution is 2.30. The van der Waals surface area contributed by atoms with E-state index in [2.05, 4.69) is 43.6 Å². The van der Waals surface area contributed by atoms with Crippen LogP contribution in [0.3, 0.4) is 0 Å². The summed E-state index contributed by atoms with van der Waals surface area (Å²) in [7, 11) is 2.06. The summed E-state index contributed by atoms with van der Waals surface area (Å²) in [6.45, 7) is 2.26. The Balaban J connectivity index is 1.77. The number of para-hydroxylation sites is 1. The van der Waals surface area contributed by atoms with Gasteiger partial charge in [-0.05, 0) is 25.1 Å². The Bertz CT molecular complexity index is 352. The molecule has 1 N–H and O–H groups in total. The molecule has 1 heterocycles. The van der Waals surface area contributed by atoms with Crippen molar-refractivity contribution in [2.75, 3.05) is 7.05 Å². The lowest BCUT2D eigenvalue weighted by atomic mass is 9.99. The van der Waals surface area contributed by atoms with Crippen LogP contribution in [0.25, 0.3) is 0 Å². The monoisotopic (exact) mass is 261 g/mol. The standard InChI is InChI=1S/C17H27NO/c1-3-4-5-6-7-11-15(18-2)17-13-14-10-8-9-12-16(14)19-17/h8-10,12,15,17-18H,3-7,11,13H2,1-2H3. The van der Waals surface area contributed by atoms with Gasteiger partial charge in [0, 0.05) is 12.5 Å². The van der Waals surface area contributed by atoms with E-state index in [1.54, 1.807) is 0 Å². The lowest BCUT2D eigenvalue weighted by molar-refractivity contribution is 0.175. The number of unbranched alkanes of at least 4 members (excludes halogenated alkanes) is 4. The summed E-state index contributed by atoms with van der Waals surface area (Å²) in [5.74, 6) is 1.08. The van der Waals surface area contributed by atoms with Crippen molar-refractivity contribution < 1.29 is 4.74 Å². The van der Waals surface area contributed by atoms with Gasteiger partial charge in [-0.2, -0.15) is 0 Å². The van der Waals surface area contributed by atoms with Gasteiger partial charge in [-0.3, -0.25) is 0 Å². The summed E-state index contributed by atoms with van der Waals surface area (Å²) in [5, 5.41) is 3.44. The fraction of sp³-hybridized carbons (Fsp3) is 0.647. The molecule has 0 saturated carbocycles. The first-order valence-electron chi connectivity index (χ1n) is 7.77. The lowest BCUT2D eigenvalue weighted by Gasteiger charge is -2.22. The normalized spacial score (nSPS) is 18.9. The number of likely N-dealkylation sites (N-methyl/N-ethyl adjacent to an activating group) is 1. The third kappa shape index (κ3) is 3.97. The van der Waals surface area contributed by atoms with E-state index in [0.717, 1.165) is 12.2 Å². The van der Waals surface area contributed by atoms with Crippen molar-refractivity contribution in [3.05, 3.63) is 29.8 Å². The molecule has 1 aliphatic rings. The van der Waals surface area contributed by atoms with Crippen molar-refractivity contribution in [1.82, 2.24) is 5.32 Å². The molecule has 1 aliphatic heterocycles. The molecule has 1 aromatic rings. The van der Waals surface area contributed by atoms with Gasteiger partial charge in [0.2, 0.25) is 0 Å². The number of hydrogen-bond acceptors (Lipinski definition) is 2. The predicted octanol–water partition coefficient (Wildman–Crippen LogP) is 3.94. The van der Waals surface area contributed by atoms with Gasteiger partial charge in [0.05, 0.1) is 0 Å². The van der Waals surface area contributed by atoms with E-state index in [1.807, 2.05) is 0 Å². The maximum atomic E-state index is 6.08. The molecule has 0 saturated heterocycles. The van der Waals surface area contributed by atoms with Crippen LogP contribution in [0.1, 0.15) is 51.0 Å². The van der Waals surface area contributed by atoms with Crippen molar-refractivity contribution in [2.45, 2.75) is 64.0 Å². The molecule has 0 aromatic heterocycles. The highest BCUT2D eigenvalue weighted by Gasteiger charge is 2.28. The largest absolute Gasteiger partial charge is 0.488 e. The first kappa shape index (κ1) is 14.4. The van der Waals surface area contributed by atoms with Crippen molar-refractivity contribution in [3.8, 4) is 5.75 Å². The molecule has 2 heteroatoms. The second-order valence-electron chi connectivity index (χ2n) is 5.57. The van der Waals surface area contributed by atoms with Crippen LogP contribution < -0.4 is 10.1 Å². The summed E-state index contributed by atoms with van der Waals surface area (Å²) in [6.07, 6.45) is 9.31. The molecule has 2 atom stereocenters. The molecule has 106 valence electrons. The zero-order chi connectivity index (χ0) is 13.5. The van der Waals surface area contributed by atoms with Gasteiger partial charge >= 0.3 is 0 Å². The summed E-state index contributed by atoms with van der Waals surface area (Å²) in [5.41, 5.74) is 1.36. The van der Waals surface area contributed by atoms with Crippen LogP contribution in [0, 0.1) is 0 Å². The first-order valence-corrected chi connectivity index (χ1v) is 7.77. The van der Waals surface area contributed by atoms with Crippen molar-refractivity contribution in [1.29, 1.82) is 0 Å². The number of ether oxygens (including phenoxy) is 1. The molecule has 2 unspecified atom stereocenters. The zero-order valence-electron chi connectivity index (χ0n) is 12.3. The Morgan fingerprint density at radius 2 is 2.00 bits per heavy atom. The average Bonchev–Trinajstić information content (AvgIpc) is 2.86. The van der Waals surface area contributed by atoms with E-state index in [1.165, 1.54) is 44.1 Å². The Labute approximate surface area is 117 Å². The average molecular weight is 261 g/mol. The minimum atomic E-state index is 0.313. The molecule has 2 rings (SSSR count). The molecule has 0 fully saturated rings. The van der Waals surface area contributed by atoms with E-state index >= 15 is 0 Å². The van der Waals surface area contributed by atoms with Gasteiger partial charge in [0.25, 0.3) is 0 Å². The fourth-order valence-corrected chi connectivity index (χ4v) is 2.92. The van der Waals surface area contributed by atoms with Crippen LogP contribution >= 0.6 is 0 Å². The third-order valence-corrected chi connectivity index (χ3v) is 4.11. The Morgan fingerprint density at radius 3 is 2.74 bits per heavy atom. The SMILES string of the molecule is CCCCCCCC(NC)C1Cc2ccccc2O1. The lowest BCUT2D eigenvalue weighted by Crippen LogP contribution is -2.40. The number of rotatable bonds is 8. The first-order chi connectivity index (χ1) is 9.35. The van der Waals surface area contributed by atoms with Crippen LogP contribution in [0.2, 0.25) is 0 Å². The van der Waals surface area contributed by atoms with E-state index in [0.29, 0.717) is 12.1 Å². The number of nitrogens with one attached hydrogen (secondary N) is 1. The molecule has 0 aliphatic carbocycles. The second-order valence-corrected chi connectivity index (χ2v) is 5.57. The number of benzene rings is 1. The maximum absolute atomic E-state index is 6.08. The highest BCUT2D eigenvalue weighted by molar-refractivity contribution is 5.37. The van der Waals surface area contributed by atoms with Crippen LogP contribution in [-0.4, -0.2) is 19.2 Å². The topological polar surface area (TPSA) is 21.3 Å². The van der Waals surface area contributed by atoms with Crippen LogP contribution in [0.15, 0.2) is 24.3 Å². The van der Waals surface area contributed by atoms with E-state index in [9.17, 15) is 0 Å². The van der Waals surface area contributed by atoms with Crippen molar-refractivity contribution in [3.63, 3.8) is 0 Å². The van der Waals surface area contributed by atoms with Gasteiger partial charge in [-0.1, -0.05) is 57.2 Å². The maximum Gasteiger partial charge on any atom is 0.123 e. The van der Waals surface area contributed by atoms with Crippen LogP contribution in [0.5, 0.6) is 5.75 Å².